The molecule has 5 aromatic rings. The fourth-order valence-electron chi connectivity index (χ4n) is 4.40. The predicted molar refractivity (Wildman–Crippen MR) is 149 cm³/mol. The molecule has 1 amide bonds. The molecule has 8 heteroatoms. The fourth-order valence-corrected chi connectivity index (χ4v) is 4.40. The number of aromatic amines is 1. The van der Waals surface area contributed by atoms with Crippen molar-refractivity contribution in [1.82, 2.24) is 25.6 Å². The van der Waals surface area contributed by atoms with Crippen LogP contribution < -0.4 is 10.2 Å². The van der Waals surface area contributed by atoms with Gasteiger partial charge in [0.15, 0.2) is 0 Å². The first-order valence-electron chi connectivity index (χ1n) is 12.7. The normalized spacial score (nSPS) is 10.8. The minimum atomic E-state index is -0.0872. The number of nitrogens with zero attached hydrogens (tertiary/aromatic N) is 5. The van der Waals surface area contributed by atoms with Crippen molar-refractivity contribution in [2.75, 3.05) is 16.8 Å². The Morgan fingerprint density at radius 3 is 2.24 bits per heavy atom. The van der Waals surface area contributed by atoms with Gasteiger partial charge in [-0.05, 0) is 28.8 Å². The lowest BCUT2D eigenvalue weighted by Gasteiger charge is -2.25. The lowest BCUT2D eigenvalue weighted by molar-refractivity contribution is -0.115. The molecule has 0 atom stereocenters. The van der Waals surface area contributed by atoms with Gasteiger partial charge in [0.25, 0.3) is 0 Å². The average Bonchev–Trinajstić information content (AvgIpc) is 3.49. The number of benzene rings is 3. The second-order valence-electron chi connectivity index (χ2n) is 9.00. The van der Waals surface area contributed by atoms with E-state index in [1.54, 1.807) is 0 Å². The van der Waals surface area contributed by atoms with E-state index in [2.05, 4.69) is 49.9 Å². The largest absolute Gasteiger partial charge is 0.352 e. The van der Waals surface area contributed by atoms with Gasteiger partial charge in [-0.1, -0.05) is 91.9 Å². The summed E-state index contributed by atoms with van der Waals surface area (Å²) >= 11 is 0. The molecule has 2 aromatic heterocycles. The first kappa shape index (κ1) is 24.8. The number of aromatic nitrogens is 5. The number of pyridine rings is 1. The van der Waals surface area contributed by atoms with E-state index in [0.29, 0.717) is 23.8 Å². The summed E-state index contributed by atoms with van der Waals surface area (Å²) in [4.78, 5) is 20.3. The second-order valence-corrected chi connectivity index (χ2v) is 9.00. The van der Waals surface area contributed by atoms with E-state index in [4.69, 9.17) is 4.98 Å². The van der Waals surface area contributed by atoms with Crippen LogP contribution in [0.25, 0.3) is 22.6 Å². The van der Waals surface area contributed by atoms with Crippen LogP contribution in [0, 0.1) is 0 Å². The van der Waals surface area contributed by atoms with E-state index in [-0.39, 0.29) is 12.3 Å². The Hall–Kier alpha value is -4.85. The van der Waals surface area contributed by atoms with Crippen molar-refractivity contribution in [3.63, 3.8) is 0 Å². The molecule has 190 valence electrons. The molecular formula is C30H29N7O. The molecule has 0 saturated carbocycles. The lowest BCUT2D eigenvalue weighted by atomic mass is 10.0. The number of anilines is 2. The van der Waals surface area contributed by atoms with Crippen LogP contribution in [0.5, 0.6) is 0 Å². The van der Waals surface area contributed by atoms with Gasteiger partial charge in [-0.25, -0.2) is 4.98 Å². The summed E-state index contributed by atoms with van der Waals surface area (Å²) in [5.41, 5.74) is 5.20. The van der Waals surface area contributed by atoms with Gasteiger partial charge < -0.3 is 10.2 Å². The molecule has 0 aliphatic carbocycles. The maximum atomic E-state index is 13.0. The van der Waals surface area contributed by atoms with Gasteiger partial charge >= 0.3 is 0 Å². The van der Waals surface area contributed by atoms with Gasteiger partial charge in [0, 0.05) is 36.0 Å². The maximum Gasteiger partial charge on any atom is 0.228 e. The van der Waals surface area contributed by atoms with E-state index >= 15 is 0 Å². The molecule has 0 bridgehead atoms. The summed E-state index contributed by atoms with van der Waals surface area (Å²) in [5, 5.41) is 17.7. The van der Waals surface area contributed by atoms with Crippen LogP contribution in [0.15, 0.2) is 97.1 Å². The zero-order valence-corrected chi connectivity index (χ0v) is 21.2. The number of rotatable bonds is 10. The van der Waals surface area contributed by atoms with Gasteiger partial charge in [-0.2, -0.15) is 5.21 Å². The Balaban J connectivity index is 1.54. The number of carbonyl (C=O) groups excluding carboxylic acids is 1. The number of carbonyl (C=O) groups is 1. The highest BCUT2D eigenvalue weighted by molar-refractivity contribution is 5.93. The Morgan fingerprint density at radius 2 is 1.55 bits per heavy atom. The highest BCUT2D eigenvalue weighted by Gasteiger charge is 2.17. The molecule has 2 N–H and O–H groups in total. The van der Waals surface area contributed by atoms with Gasteiger partial charge in [-0.15, -0.1) is 10.2 Å². The van der Waals surface area contributed by atoms with Crippen molar-refractivity contribution in [1.29, 1.82) is 0 Å². The quantitative estimate of drug-likeness (QED) is 0.260. The van der Waals surface area contributed by atoms with Crippen LogP contribution in [0.3, 0.4) is 0 Å². The molecular weight excluding hydrogens is 474 g/mol. The molecule has 2 heterocycles. The molecule has 0 aliphatic rings. The van der Waals surface area contributed by atoms with Crippen LogP contribution in [-0.2, 0) is 17.8 Å². The Morgan fingerprint density at radius 1 is 0.868 bits per heavy atom. The van der Waals surface area contributed by atoms with Gasteiger partial charge in [0.2, 0.25) is 11.7 Å². The third kappa shape index (κ3) is 6.10. The van der Waals surface area contributed by atoms with Crippen LogP contribution in [-0.4, -0.2) is 38.1 Å². The van der Waals surface area contributed by atoms with Crippen LogP contribution in [0.2, 0.25) is 0 Å². The zero-order valence-electron chi connectivity index (χ0n) is 21.2. The summed E-state index contributed by atoms with van der Waals surface area (Å²) in [5.74, 6) is 1.18. The van der Waals surface area contributed by atoms with Gasteiger partial charge in [0.1, 0.15) is 5.82 Å². The van der Waals surface area contributed by atoms with Crippen molar-refractivity contribution in [2.24, 2.45) is 0 Å². The van der Waals surface area contributed by atoms with Crippen molar-refractivity contribution >= 4 is 17.4 Å². The minimum absolute atomic E-state index is 0.0872. The molecule has 38 heavy (non-hydrogen) atoms. The van der Waals surface area contributed by atoms with E-state index in [9.17, 15) is 4.79 Å². The van der Waals surface area contributed by atoms with Crippen molar-refractivity contribution < 1.29 is 4.79 Å². The molecule has 3 aromatic carbocycles. The smallest absolute Gasteiger partial charge is 0.228 e. The highest BCUT2D eigenvalue weighted by Crippen LogP contribution is 2.32. The van der Waals surface area contributed by atoms with E-state index in [1.807, 2.05) is 84.9 Å². The van der Waals surface area contributed by atoms with Gasteiger partial charge in [0.05, 0.1) is 12.1 Å². The minimum Gasteiger partial charge on any atom is -0.352 e. The molecule has 0 unspecified atom stereocenters. The molecule has 0 fully saturated rings. The number of hydrogen-bond acceptors (Lipinski definition) is 6. The molecule has 0 aliphatic heterocycles. The predicted octanol–water partition coefficient (Wildman–Crippen LogP) is 5.53. The first-order valence-corrected chi connectivity index (χ1v) is 12.7. The monoisotopic (exact) mass is 503 g/mol. The standard InChI is InChI=1S/C30H29N7O/c1-2-17-37(21-23-13-7-4-8-14-23)28-20-24(31-29(38)18-22-11-5-3-6-12-22)19-27(32-28)25-15-9-10-16-26(25)30-33-35-36-34-30/h3-16,19-20H,2,17-18,21H2,1H3,(H,31,32,38)(H,33,34,35,36). The lowest BCUT2D eigenvalue weighted by Crippen LogP contribution is -2.25. The summed E-state index contributed by atoms with van der Waals surface area (Å²) in [6, 6.07) is 31.7. The molecule has 0 radical (unpaired) electrons. The summed E-state index contributed by atoms with van der Waals surface area (Å²) in [6.45, 7) is 3.67. The van der Waals surface area contributed by atoms with Crippen molar-refractivity contribution in [2.45, 2.75) is 26.3 Å². The molecule has 0 saturated heterocycles. The van der Waals surface area contributed by atoms with Crippen molar-refractivity contribution in [3.05, 3.63) is 108 Å². The summed E-state index contributed by atoms with van der Waals surface area (Å²) in [7, 11) is 0. The molecule has 5 rings (SSSR count). The number of amides is 1. The van der Waals surface area contributed by atoms with E-state index in [0.717, 1.165) is 35.5 Å². The van der Waals surface area contributed by atoms with E-state index in [1.165, 1.54) is 5.56 Å². The third-order valence-corrected chi connectivity index (χ3v) is 6.13. The number of hydrogen-bond donors (Lipinski definition) is 2. The van der Waals surface area contributed by atoms with Crippen molar-refractivity contribution in [3.8, 4) is 22.6 Å². The van der Waals surface area contributed by atoms with Crippen LogP contribution in [0.1, 0.15) is 24.5 Å². The number of tetrazole rings is 1. The Kier molecular flexibility index (Phi) is 7.79. The first-order chi connectivity index (χ1) is 18.7. The highest BCUT2D eigenvalue weighted by atomic mass is 16.1. The molecule has 0 spiro atoms. The third-order valence-electron chi connectivity index (χ3n) is 6.13. The van der Waals surface area contributed by atoms with Gasteiger partial charge in [-0.3, -0.25) is 4.79 Å². The fraction of sp³-hybridized carbons (Fsp3) is 0.167. The van der Waals surface area contributed by atoms with Crippen LogP contribution in [0.4, 0.5) is 11.5 Å². The average molecular weight is 504 g/mol. The summed E-state index contributed by atoms with van der Waals surface area (Å²) in [6.07, 6.45) is 1.24. The summed E-state index contributed by atoms with van der Waals surface area (Å²) < 4.78 is 0. The Bertz CT molecular complexity index is 1470. The number of nitrogens with one attached hydrogen (secondary N) is 2. The SMILES string of the molecule is CCCN(Cc1ccccc1)c1cc(NC(=O)Cc2ccccc2)cc(-c2ccccc2-c2nn[nH]n2)n1. The topological polar surface area (TPSA) is 99.7 Å². The number of H-pyrrole nitrogens is 1. The zero-order chi connectivity index (χ0) is 26.2. The van der Waals surface area contributed by atoms with Crippen LogP contribution >= 0.6 is 0 Å². The second kappa shape index (κ2) is 11.9. The van der Waals surface area contributed by atoms with E-state index < -0.39 is 0 Å². The molecule has 8 nitrogen and oxygen atoms in total. The Labute approximate surface area is 221 Å². The maximum absolute atomic E-state index is 13.0.